The number of ether oxygens (including phenoxy) is 2. The van der Waals surface area contributed by atoms with Crippen LogP contribution in [0.1, 0.15) is 18.9 Å². The minimum absolute atomic E-state index is 0.0564. The molecule has 0 aliphatic carbocycles. The average Bonchev–Trinajstić information content (AvgIpc) is 2.45. The second kappa shape index (κ2) is 8.04. The minimum atomic E-state index is 0.0564. The van der Waals surface area contributed by atoms with Crippen molar-refractivity contribution in [1.82, 2.24) is 5.32 Å². The van der Waals surface area contributed by atoms with Gasteiger partial charge in [-0.2, -0.15) is 0 Å². The van der Waals surface area contributed by atoms with Crippen LogP contribution in [0.5, 0.6) is 11.5 Å². The van der Waals surface area contributed by atoms with E-state index in [1.807, 2.05) is 25.1 Å². The van der Waals surface area contributed by atoms with Gasteiger partial charge in [0.2, 0.25) is 5.91 Å². The van der Waals surface area contributed by atoms with Gasteiger partial charge in [-0.3, -0.25) is 4.79 Å². The third-order valence-corrected chi connectivity index (χ3v) is 2.60. The van der Waals surface area contributed by atoms with Crippen LogP contribution in [-0.2, 0) is 11.2 Å². The first-order valence-electron chi connectivity index (χ1n) is 6.21. The molecule has 4 nitrogen and oxygen atoms in total. The van der Waals surface area contributed by atoms with E-state index < -0.39 is 0 Å². The summed E-state index contributed by atoms with van der Waals surface area (Å²) in [6.07, 6.45) is 6.40. The number of terminal acetylenes is 1. The highest BCUT2D eigenvalue weighted by molar-refractivity contribution is 5.75. The third kappa shape index (κ3) is 4.92. The van der Waals surface area contributed by atoms with Crippen molar-refractivity contribution in [1.29, 1.82) is 0 Å². The van der Waals surface area contributed by atoms with Gasteiger partial charge in [-0.05, 0) is 24.1 Å². The van der Waals surface area contributed by atoms with Crippen molar-refractivity contribution in [2.75, 3.05) is 20.3 Å². The normalized spacial score (nSPS) is 9.53. The maximum absolute atomic E-state index is 11.1. The first kappa shape index (κ1) is 14.9. The second-order valence-electron chi connectivity index (χ2n) is 3.93. The van der Waals surface area contributed by atoms with Gasteiger partial charge >= 0.3 is 0 Å². The van der Waals surface area contributed by atoms with Crippen LogP contribution in [0.15, 0.2) is 18.2 Å². The Labute approximate surface area is 114 Å². The van der Waals surface area contributed by atoms with E-state index in [0.29, 0.717) is 24.5 Å². The molecule has 4 heteroatoms. The summed E-state index contributed by atoms with van der Waals surface area (Å²) in [6, 6.07) is 5.66. The van der Waals surface area contributed by atoms with E-state index in [1.54, 1.807) is 7.11 Å². The average molecular weight is 261 g/mol. The quantitative estimate of drug-likeness (QED) is 0.761. The van der Waals surface area contributed by atoms with E-state index in [0.717, 1.165) is 12.0 Å². The van der Waals surface area contributed by atoms with Crippen molar-refractivity contribution in [3.05, 3.63) is 23.8 Å². The molecule has 1 aromatic carbocycles. The third-order valence-electron chi connectivity index (χ3n) is 2.60. The highest BCUT2D eigenvalue weighted by atomic mass is 16.5. The van der Waals surface area contributed by atoms with Crippen LogP contribution >= 0.6 is 0 Å². The van der Waals surface area contributed by atoms with Gasteiger partial charge in [0.05, 0.1) is 7.11 Å². The number of hydrogen-bond acceptors (Lipinski definition) is 3. The second-order valence-corrected chi connectivity index (χ2v) is 3.93. The SMILES string of the molecule is C#CCOc1ccc(CCNC(=O)CC)cc1OC. The van der Waals surface area contributed by atoms with E-state index in [4.69, 9.17) is 15.9 Å². The first-order chi connectivity index (χ1) is 9.21. The Morgan fingerprint density at radius 2 is 2.21 bits per heavy atom. The fraction of sp³-hybridized carbons (Fsp3) is 0.400. The Balaban J connectivity index is 2.61. The highest BCUT2D eigenvalue weighted by Gasteiger charge is 2.05. The van der Waals surface area contributed by atoms with Gasteiger partial charge in [0.1, 0.15) is 6.61 Å². The molecule has 1 N–H and O–H groups in total. The van der Waals surface area contributed by atoms with Crippen LogP contribution in [0, 0.1) is 12.3 Å². The summed E-state index contributed by atoms with van der Waals surface area (Å²) in [6.45, 7) is 2.65. The molecule has 0 radical (unpaired) electrons. The summed E-state index contributed by atoms with van der Waals surface area (Å²) in [4.78, 5) is 11.1. The maximum atomic E-state index is 11.1. The van der Waals surface area contributed by atoms with Crippen LogP contribution in [0.25, 0.3) is 0 Å². The van der Waals surface area contributed by atoms with Gasteiger partial charge in [-0.15, -0.1) is 6.42 Å². The van der Waals surface area contributed by atoms with Crippen molar-refractivity contribution < 1.29 is 14.3 Å². The van der Waals surface area contributed by atoms with Crippen LogP contribution in [0.2, 0.25) is 0 Å². The Hall–Kier alpha value is -2.15. The molecule has 0 fully saturated rings. The zero-order chi connectivity index (χ0) is 14.1. The predicted molar refractivity (Wildman–Crippen MR) is 74.3 cm³/mol. The lowest BCUT2D eigenvalue weighted by molar-refractivity contribution is -0.120. The maximum Gasteiger partial charge on any atom is 0.219 e. The van der Waals surface area contributed by atoms with Gasteiger partial charge in [-0.1, -0.05) is 18.9 Å². The monoisotopic (exact) mass is 261 g/mol. The molecule has 19 heavy (non-hydrogen) atoms. The number of rotatable bonds is 7. The van der Waals surface area contributed by atoms with E-state index in [2.05, 4.69) is 11.2 Å². The molecule has 1 rings (SSSR count). The summed E-state index contributed by atoms with van der Waals surface area (Å²) in [5, 5.41) is 2.83. The van der Waals surface area contributed by atoms with E-state index >= 15 is 0 Å². The fourth-order valence-electron chi connectivity index (χ4n) is 1.58. The van der Waals surface area contributed by atoms with Crippen LogP contribution in [-0.4, -0.2) is 26.2 Å². The van der Waals surface area contributed by atoms with Crippen molar-refractivity contribution in [3.63, 3.8) is 0 Å². The van der Waals surface area contributed by atoms with Crippen LogP contribution in [0.4, 0.5) is 0 Å². The summed E-state index contributed by atoms with van der Waals surface area (Å²) in [5.74, 6) is 3.74. The molecular weight excluding hydrogens is 242 g/mol. The fourth-order valence-corrected chi connectivity index (χ4v) is 1.58. The van der Waals surface area contributed by atoms with E-state index in [-0.39, 0.29) is 12.5 Å². The summed E-state index contributed by atoms with van der Waals surface area (Å²) < 4.78 is 10.6. The molecule has 0 aliphatic heterocycles. The Bertz CT molecular complexity index is 463. The van der Waals surface area contributed by atoms with Crippen LogP contribution in [0.3, 0.4) is 0 Å². The van der Waals surface area contributed by atoms with E-state index in [9.17, 15) is 4.79 Å². The zero-order valence-corrected chi connectivity index (χ0v) is 11.4. The van der Waals surface area contributed by atoms with Gasteiger partial charge < -0.3 is 14.8 Å². The highest BCUT2D eigenvalue weighted by Crippen LogP contribution is 2.28. The topological polar surface area (TPSA) is 47.6 Å². The minimum Gasteiger partial charge on any atom is -0.493 e. The van der Waals surface area contributed by atoms with Gasteiger partial charge in [-0.25, -0.2) is 0 Å². The summed E-state index contributed by atoms with van der Waals surface area (Å²) in [5.41, 5.74) is 1.07. The largest absolute Gasteiger partial charge is 0.493 e. The van der Waals surface area contributed by atoms with Crippen molar-refractivity contribution in [2.24, 2.45) is 0 Å². The van der Waals surface area contributed by atoms with E-state index in [1.165, 1.54) is 0 Å². The van der Waals surface area contributed by atoms with Crippen molar-refractivity contribution in [2.45, 2.75) is 19.8 Å². The number of amides is 1. The number of nitrogens with one attached hydrogen (secondary N) is 1. The molecule has 0 unspecified atom stereocenters. The molecule has 0 saturated heterocycles. The molecule has 0 aliphatic rings. The summed E-state index contributed by atoms with van der Waals surface area (Å²) >= 11 is 0. The van der Waals surface area contributed by atoms with Gasteiger partial charge in [0, 0.05) is 13.0 Å². The molecule has 102 valence electrons. The molecule has 0 saturated carbocycles. The molecular formula is C15H19NO3. The lowest BCUT2D eigenvalue weighted by Crippen LogP contribution is -2.24. The van der Waals surface area contributed by atoms with Gasteiger partial charge in [0.25, 0.3) is 0 Å². The molecule has 0 aromatic heterocycles. The van der Waals surface area contributed by atoms with Crippen molar-refractivity contribution in [3.8, 4) is 23.8 Å². The Morgan fingerprint density at radius 3 is 2.84 bits per heavy atom. The first-order valence-corrected chi connectivity index (χ1v) is 6.21. The number of benzene rings is 1. The zero-order valence-electron chi connectivity index (χ0n) is 11.4. The molecule has 0 heterocycles. The van der Waals surface area contributed by atoms with Crippen LogP contribution < -0.4 is 14.8 Å². The lowest BCUT2D eigenvalue weighted by atomic mass is 10.1. The number of hydrogen-bond donors (Lipinski definition) is 1. The Kier molecular flexibility index (Phi) is 6.31. The molecule has 1 aromatic rings. The lowest BCUT2D eigenvalue weighted by Gasteiger charge is -2.11. The van der Waals surface area contributed by atoms with Crippen molar-refractivity contribution >= 4 is 5.91 Å². The smallest absolute Gasteiger partial charge is 0.219 e. The standard InChI is InChI=1S/C15H19NO3/c1-4-10-19-13-7-6-12(11-14(13)18-3)8-9-16-15(17)5-2/h1,6-7,11H,5,8-10H2,2-3H3,(H,16,17). The predicted octanol–water partition coefficient (Wildman–Crippen LogP) is 1.78. The molecule has 0 atom stereocenters. The molecule has 0 spiro atoms. The molecule has 1 amide bonds. The Morgan fingerprint density at radius 1 is 1.42 bits per heavy atom. The number of methoxy groups -OCH3 is 1. The number of carbonyl (C=O) groups is 1. The molecule has 0 bridgehead atoms. The number of carbonyl (C=O) groups excluding carboxylic acids is 1. The summed E-state index contributed by atoms with van der Waals surface area (Å²) in [7, 11) is 1.58. The van der Waals surface area contributed by atoms with Gasteiger partial charge in [0.15, 0.2) is 11.5 Å².